The number of hydrogen-bond acceptors (Lipinski definition) is 6. The van der Waals surface area contributed by atoms with Crippen LogP contribution in [0.15, 0.2) is 95.9 Å². The van der Waals surface area contributed by atoms with E-state index in [1.165, 1.54) is 5.39 Å². The van der Waals surface area contributed by atoms with Crippen molar-refractivity contribution in [3.8, 4) is 11.5 Å². The fraction of sp³-hybridized carbons (Fsp3) is 0.0690. The van der Waals surface area contributed by atoms with Gasteiger partial charge < -0.3 is 9.47 Å². The first-order valence-corrected chi connectivity index (χ1v) is 12.7. The Morgan fingerprint density at radius 3 is 2.54 bits per heavy atom. The number of hydrogen-bond donors (Lipinski definition) is 1. The van der Waals surface area contributed by atoms with Gasteiger partial charge in [0.25, 0.3) is 11.8 Å². The second-order valence-electron chi connectivity index (χ2n) is 8.19. The number of carbonyl (C=O) groups excluding carboxylic acids is 2. The largest absolute Gasteiger partial charge is 0.497 e. The van der Waals surface area contributed by atoms with E-state index in [0.29, 0.717) is 28.6 Å². The molecule has 1 N–H and O–H groups in total. The summed E-state index contributed by atoms with van der Waals surface area (Å²) >= 11 is 6.48. The van der Waals surface area contributed by atoms with Gasteiger partial charge in [0.2, 0.25) is 0 Å². The van der Waals surface area contributed by atoms with Crippen LogP contribution in [0, 0.1) is 0 Å². The van der Waals surface area contributed by atoms with Crippen molar-refractivity contribution in [2.24, 2.45) is 0 Å². The summed E-state index contributed by atoms with van der Waals surface area (Å²) in [7, 11) is 1.55. The predicted octanol–water partition coefficient (Wildman–Crippen LogP) is 5.97. The fourth-order valence-corrected chi connectivity index (χ4v) is 5.08. The number of amides is 2. The molecule has 1 fully saturated rings. The number of thioether (sulfide) groups is 1. The second-order valence-corrected chi connectivity index (χ2v) is 9.86. The van der Waals surface area contributed by atoms with E-state index in [2.05, 4.69) is 29.7 Å². The summed E-state index contributed by atoms with van der Waals surface area (Å²) in [4.78, 5) is 26.0. The molecule has 1 heterocycles. The SMILES string of the molecule is COc1ccc(C(=O)NN2C(=O)/C(=C\c3cccc(OCc4cccc5ccccc45)c3)SC2=S)cc1. The quantitative estimate of drug-likeness (QED) is 0.236. The molecule has 4 aromatic rings. The number of fused-ring (bicyclic) bond motifs is 1. The maximum absolute atomic E-state index is 13.0. The number of rotatable bonds is 7. The van der Waals surface area contributed by atoms with Gasteiger partial charge in [0, 0.05) is 5.56 Å². The number of nitrogens with one attached hydrogen (secondary N) is 1. The van der Waals surface area contributed by atoms with Crippen LogP contribution in [0.3, 0.4) is 0 Å². The molecule has 0 saturated carbocycles. The normalized spacial score (nSPS) is 14.3. The molecule has 184 valence electrons. The van der Waals surface area contributed by atoms with Gasteiger partial charge in [-0.2, -0.15) is 5.01 Å². The Morgan fingerprint density at radius 2 is 1.73 bits per heavy atom. The topological polar surface area (TPSA) is 67.9 Å². The number of carbonyl (C=O) groups is 2. The van der Waals surface area contributed by atoms with E-state index in [1.807, 2.05) is 42.5 Å². The molecule has 0 radical (unpaired) electrons. The summed E-state index contributed by atoms with van der Waals surface area (Å²) in [5.74, 6) is 0.487. The Kier molecular flexibility index (Phi) is 7.20. The summed E-state index contributed by atoms with van der Waals surface area (Å²) in [6, 6.07) is 28.4. The Bertz CT molecular complexity index is 1530. The van der Waals surface area contributed by atoms with Gasteiger partial charge in [0.15, 0.2) is 4.32 Å². The molecule has 2 amide bonds. The first-order chi connectivity index (χ1) is 18.0. The van der Waals surface area contributed by atoms with Gasteiger partial charge in [-0.05, 0) is 76.6 Å². The molecule has 8 heteroatoms. The van der Waals surface area contributed by atoms with Crippen molar-refractivity contribution in [1.82, 2.24) is 10.4 Å². The predicted molar refractivity (Wildman–Crippen MR) is 150 cm³/mol. The Morgan fingerprint density at radius 1 is 0.973 bits per heavy atom. The van der Waals surface area contributed by atoms with E-state index < -0.39 is 5.91 Å². The van der Waals surface area contributed by atoms with E-state index >= 15 is 0 Å². The first-order valence-electron chi connectivity index (χ1n) is 11.4. The summed E-state index contributed by atoms with van der Waals surface area (Å²) in [5.41, 5.74) is 4.86. The zero-order valence-electron chi connectivity index (χ0n) is 19.8. The maximum atomic E-state index is 13.0. The molecule has 0 aromatic heterocycles. The number of hydrazine groups is 1. The number of thiocarbonyl (C=S) groups is 1. The van der Waals surface area contributed by atoms with Gasteiger partial charge in [0.1, 0.15) is 18.1 Å². The molecular formula is C29H22N2O4S2. The lowest BCUT2D eigenvalue weighted by atomic mass is 10.1. The highest BCUT2D eigenvalue weighted by molar-refractivity contribution is 8.26. The Labute approximate surface area is 223 Å². The molecule has 1 aliphatic heterocycles. The minimum Gasteiger partial charge on any atom is -0.497 e. The van der Waals surface area contributed by atoms with Crippen LogP contribution in [0.1, 0.15) is 21.5 Å². The summed E-state index contributed by atoms with van der Waals surface area (Å²) < 4.78 is 11.4. The van der Waals surface area contributed by atoms with Crippen molar-refractivity contribution in [1.29, 1.82) is 0 Å². The van der Waals surface area contributed by atoms with Crippen LogP contribution in [-0.2, 0) is 11.4 Å². The number of benzene rings is 4. The molecule has 0 unspecified atom stereocenters. The molecule has 0 bridgehead atoms. The average molecular weight is 527 g/mol. The number of methoxy groups -OCH3 is 1. The number of ether oxygens (including phenoxy) is 2. The van der Waals surface area contributed by atoms with E-state index in [1.54, 1.807) is 37.5 Å². The van der Waals surface area contributed by atoms with Gasteiger partial charge in [0.05, 0.1) is 12.0 Å². The average Bonchev–Trinajstić information content (AvgIpc) is 3.19. The highest BCUT2D eigenvalue weighted by atomic mass is 32.2. The van der Waals surface area contributed by atoms with Crippen molar-refractivity contribution in [3.05, 3.63) is 113 Å². The van der Waals surface area contributed by atoms with Gasteiger partial charge in [-0.3, -0.25) is 15.0 Å². The number of nitrogens with zero attached hydrogens (tertiary/aromatic N) is 1. The van der Waals surface area contributed by atoms with Crippen LogP contribution >= 0.6 is 24.0 Å². The summed E-state index contributed by atoms with van der Waals surface area (Å²) in [5, 5.41) is 3.42. The molecule has 6 nitrogen and oxygen atoms in total. The van der Waals surface area contributed by atoms with Crippen molar-refractivity contribution >= 4 is 57.0 Å². The monoisotopic (exact) mass is 526 g/mol. The lowest BCUT2D eigenvalue weighted by molar-refractivity contribution is -0.123. The van der Waals surface area contributed by atoms with Crippen LogP contribution < -0.4 is 14.9 Å². The maximum Gasteiger partial charge on any atom is 0.285 e. The molecule has 0 spiro atoms. The molecule has 37 heavy (non-hydrogen) atoms. The minimum absolute atomic E-state index is 0.251. The third-order valence-electron chi connectivity index (χ3n) is 5.79. The van der Waals surface area contributed by atoms with E-state index in [0.717, 1.165) is 33.3 Å². The highest BCUT2D eigenvalue weighted by Gasteiger charge is 2.33. The smallest absolute Gasteiger partial charge is 0.285 e. The van der Waals surface area contributed by atoms with E-state index in [4.69, 9.17) is 21.7 Å². The Balaban J connectivity index is 1.27. The van der Waals surface area contributed by atoms with E-state index in [9.17, 15) is 9.59 Å². The molecule has 0 aliphatic carbocycles. The van der Waals surface area contributed by atoms with Crippen LogP contribution in [0.5, 0.6) is 11.5 Å². The second kappa shape index (κ2) is 10.9. The third kappa shape index (κ3) is 5.50. The first kappa shape index (κ1) is 24.5. The van der Waals surface area contributed by atoms with Crippen molar-refractivity contribution in [2.45, 2.75) is 6.61 Å². The fourth-order valence-electron chi connectivity index (χ4n) is 3.90. The minimum atomic E-state index is -0.441. The molecular weight excluding hydrogens is 504 g/mol. The van der Waals surface area contributed by atoms with Crippen molar-refractivity contribution in [3.63, 3.8) is 0 Å². The van der Waals surface area contributed by atoms with Crippen LogP contribution in [-0.4, -0.2) is 28.3 Å². The van der Waals surface area contributed by atoms with Gasteiger partial charge >= 0.3 is 0 Å². The summed E-state index contributed by atoms with van der Waals surface area (Å²) in [6.45, 7) is 0.421. The highest BCUT2D eigenvalue weighted by Crippen LogP contribution is 2.32. The van der Waals surface area contributed by atoms with Gasteiger partial charge in [-0.1, -0.05) is 66.4 Å². The van der Waals surface area contributed by atoms with Gasteiger partial charge in [-0.15, -0.1) is 0 Å². The summed E-state index contributed by atoms with van der Waals surface area (Å²) in [6.07, 6.45) is 1.74. The standard InChI is InChI=1S/C29H22N2O4S2/c1-34-23-14-12-21(13-15-23)27(32)30-31-28(33)26(37-29(31)36)17-19-6-4-10-24(16-19)35-18-22-9-5-8-20-7-2-3-11-25(20)22/h2-17H,18H2,1H3,(H,30,32)/b26-17+. The molecule has 1 aliphatic rings. The lowest BCUT2D eigenvalue weighted by Gasteiger charge is -2.15. The molecule has 5 rings (SSSR count). The third-order valence-corrected chi connectivity index (χ3v) is 7.09. The Hall–Kier alpha value is -4.14. The zero-order valence-corrected chi connectivity index (χ0v) is 21.5. The van der Waals surface area contributed by atoms with Crippen LogP contribution in [0.4, 0.5) is 0 Å². The van der Waals surface area contributed by atoms with Crippen molar-refractivity contribution < 1.29 is 19.1 Å². The lowest BCUT2D eigenvalue weighted by Crippen LogP contribution is -2.44. The molecule has 0 atom stereocenters. The zero-order chi connectivity index (χ0) is 25.8. The molecule has 4 aromatic carbocycles. The van der Waals surface area contributed by atoms with E-state index in [-0.39, 0.29) is 10.2 Å². The van der Waals surface area contributed by atoms with Crippen LogP contribution in [0.25, 0.3) is 16.8 Å². The van der Waals surface area contributed by atoms with Crippen molar-refractivity contribution in [2.75, 3.05) is 7.11 Å². The van der Waals surface area contributed by atoms with Gasteiger partial charge in [-0.25, -0.2) is 0 Å². The van der Waals surface area contributed by atoms with Crippen LogP contribution in [0.2, 0.25) is 0 Å². The molecule has 1 saturated heterocycles.